The van der Waals surface area contributed by atoms with Crippen molar-refractivity contribution in [3.63, 3.8) is 0 Å². The minimum atomic E-state index is -2.30. The first-order valence-corrected chi connectivity index (χ1v) is 31.8. The van der Waals surface area contributed by atoms with Crippen LogP contribution in [0.2, 0.25) is 20.1 Å². The first-order valence-electron chi connectivity index (χ1n) is 22.9. The lowest BCUT2D eigenvalue weighted by molar-refractivity contribution is -0.001000. The number of rotatable bonds is 18. The van der Waals surface area contributed by atoms with Gasteiger partial charge in [0.2, 0.25) is 0 Å². The van der Waals surface area contributed by atoms with Crippen molar-refractivity contribution in [2.24, 2.45) is 0 Å². The van der Waals surface area contributed by atoms with E-state index in [2.05, 4.69) is 243 Å². The molecule has 0 radical (unpaired) electrons. The summed E-state index contributed by atoms with van der Waals surface area (Å²) in [5.74, 6) is 0. The van der Waals surface area contributed by atoms with Crippen molar-refractivity contribution in [3.05, 3.63) is 274 Å². The normalized spacial score (nSPS) is 11.5. The van der Waals surface area contributed by atoms with Crippen LogP contribution in [0.1, 0.15) is 11.1 Å². The largest absolute Gasteiger partial charge is 1.00 e. The molecule has 70 heavy (non-hydrogen) atoms. The van der Waals surface area contributed by atoms with Gasteiger partial charge in [0.25, 0.3) is 0 Å². The van der Waals surface area contributed by atoms with Gasteiger partial charge in [-0.15, -0.1) is 0 Å². The second-order valence-corrected chi connectivity index (χ2v) is 30.5. The summed E-state index contributed by atoms with van der Waals surface area (Å²) in [6.45, 7) is 0. The van der Waals surface area contributed by atoms with Crippen LogP contribution in [0.4, 0.5) is 0 Å². The fraction of sp³-hybridized carbons (Fsp3) is 0.100. The van der Waals surface area contributed by atoms with Crippen LogP contribution in [0, 0.1) is 0 Å². The molecule has 0 spiro atoms. The molecule has 10 heteroatoms. The van der Waals surface area contributed by atoms with Crippen LogP contribution < -0.4 is 67.3 Å². The minimum Gasteiger partial charge on any atom is -1.00 e. The highest BCUT2D eigenvalue weighted by Crippen LogP contribution is 2.65. The van der Waals surface area contributed by atoms with Crippen LogP contribution in [-0.4, -0.2) is 24.6 Å². The van der Waals surface area contributed by atoms with Crippen molar-refractivity contribution in [2.45, 2.75) is 12.3 Å². The zero-order valence-corrected chi connectivity index (χ0v) is 46.5. The summed E-state index contributed by atoms with van der Waals surface area (Å²) in [4.78, 5) is 0. The van der Waals surface area contributed by atoms with Gasteiger partial charge >= 0.3 is 0 Å². The van der Waals surface area contributed by atoms with Gasteiger partial charge in [0, 0.05) is 23.5 Å². The molecule has 0 heterocycles. The average Bonchev–Trinajstić information content (AvgIpc) is 3.42. The molecular formula is C60H52Cl6P4. The van der Waals surface area contributed by atoms with E-state index in [1.54, 1.807) is 0 Å². The van der Waals surface area contributed by atoms with Crippen LogP contribution in [0.15, 0.2) is 243 Å². The molecule has 0 saturated carbocycles. The number of benzene rings is 9. The highest BCUT2D eigenvalue weighted by atomic mass is 35.5. The van der Waals surface area contributed by atoms with Gasteiger partial charge in [-0.1, -0.05) is 241 Å². The highest BCUT2D eigenvalue weighted by Gasteiger charge is 2.48. The molecule has 0 aliphatic carbocycles. The lowest BCUT2D eigenvalue weighted by Gasteiger charge is -2.32. The maximum Gasteiger partial charge on any atom is 0.0995 e. The number of halogens is 6. The summed E-state index contributed by atoms with van der Waals surface area (Å²) in [7, 11) is -5.98. The lowest BCUT2D eigenvalue weighted by atomic mass is 10.1. The van der Waals surface area contributed by atoms with Gasteiger partial charge in [0.1, 0.15) is 0 Å². The van der Waals surface area contributed by atoms with E-state index in [1.807, 2.05) is 0 Å². The minimum absolute atomic E-state index is 0. The Morgan fingerprint density at radius 1 is 0.271 bits per heavy atom. The Bertz CT molecular complexity index is 2600. The third-order valence-corrected chi connectivity index (χ3v) is 29.4. The topological polar surface area (TPSA) is 0 Å². The Morgan fingerprint density at radius 3 is 0.657 bits per heavy atom. The molecular weight excluding hydrogens is 1060 g/mol. The van der Waals surface area contributed by atoms with E-state index in [1.165, 1.54) is 42.4 Å². The number of hydrogen-bond donors (Lipinski definition) is 0. The predicted molar refractivity (Wildman–Crippen MR) is 310 cm³/mol. The molecule has 0 aromatic heterocycles. The summed E-state index contributed by atoms with van der Waals surface area (Å²) >= 11 is 31.1. The van der Waals surface area contributed by atoms with E-state index in [0.717, 1.165) is 35.8 Å². The monoisotopic (exact) mass is 1110 g/mol. The molecule has 0 atom stereocenters. The Morgan fingerprint density at radius 2 is 0.457 bits per heavy atom. The molecule has 0 amide bonds. The SMILES string of the molecule is Clc1c(Cl)c(C[P+](CCP(c2ccccc2)c2ccccc2)(c2ccccc2)c2ccccc2)c(Cl)c(Cl)c1C[P+](CCP(c1ccccc1)c1ccccc1)(c1ccccc1)c1ccccc1.[Cl-].[Cl-]. The van der Waals surface area contributed by atoms with Crippen LogP contribution in [0.3, 0.4) is 0 Å². The van der Waals surface area contributed by atoms with Crippen molar-refractivity contribution in [3.8, 4) is 0 Å². The summed E-state index contributed by atoms with van der Waals surface area (Å²) in [6.07, 6.45) is 5.05. The Balaban J connectivity index is 0.00000361. The molecule has 0 nitrogen and oxygen atoms in total. The molecule has 0 fully saturated rings. The standard InChI is InChI=1S/C60H52Cl4P4.2ClH/c61-57-55(45-67(51-33-17-5-18-34-51,52-35-19-6-20-36-52)43-41-65(47-25-9-1-10-26-47)48-27-11-2-12-28-48)58(62)60(64)56(59(57)63)46-68(53-37-21-7-22-38-53,54-39-23-8-24-40-54)44-42-66(49-29-13-3-14-30-49)50-31-15-4-16-32-50;;/h1-40H,41-46H2;2*1H/q+2;;/p-2. The zero-order chi connectivity index (χ0) is 46.8. The van der Waals surface area contributed by atoms with Gasteiger partial charge in [-0.3, -0.25) is 0 Å². The molecule has 9 rings (SSSR count). The molecule has 354 valence electrons. The van der Waals surface area contributed by atoms with Crippen molar-refractivity contribution in [1.82, 2.24) is 0 Å². The maximum absolute atomic E-state index is 7.78. The fourth-order valence-electron chi connectivity index (χ4n) is 9.52. The van der Waals surface area contributed by atoms with E-state index in [4.69, 9.17) is 46.4 Å². The molecule has 0 N–H and O–H groups in total. The van der Waals surface area contributed by atoms with E-state index in [-0.39, 0.29) is 24.8 Å². The van der Waals surface area contributed by atoms with Gasteiger partial charge < -0.3 is 24.8 Å². The van der Waals surface area contributed by atoms with Crippen LogP contribution in [0.5, 0.6) is 0 Å². The van der Waals surface area contributed by atoms with Crippen molar-refractivity contribution in [2.75, 3.05) is 24.6 Å². The summed E-state index contributed by atoms with van der Waals surface area (Å²) in [6, 6.07) is 88.1. The van der Waals surface area contributed by atoms with Crippen molar-refractivity contribution in [1.29, 1.82) is 0 Å². The van der Waals surface area contributed by atoms with E-state index < -0.39 is 30.4 Å². The quantitative estimate of drug-likeness (QED) is 0.0596. The van der Waals surface area contributed by atoms with E-state index in [9.17, 15) is 0 Å². The van der Waals surface area contributed by atoms with Crippen LogP contribution >= 0.6 is 76.8 Å². The van der Waals surface area contributed by atoms with Gasteiger partial charge in [-0.2, -0.15) is 0 Å². The zero-order valence-electron chi connectivity index (χ0n) is 38.4. The molecule has 9 aromatic rings. The third kappa shape index (κ3) is 12.1. The van der Waals surface area contributed by atoms with E-state index in [0.29, 0.717) is 32.4 Å². The smallest absolute Gasteiger partial charge is 0.0995 e. The summed E-state index contributed by atoms with van der Waals surface area (Å²) in [5, 5.41) is 12.7. The van der Waals surface area contributed by atoms with Gasteiger partial charge in [-0.25, -0.2) is 0 Å². The Labute approximate surface area is 451 Å². The number of hydrogen-bond acceptors (Lipinski definition) is 0. The molecule has 0 bridgehead atoms. The van der Waals surface area contributed by atoms with Gasteiger partial charge in [0.05, 0.1) is 80.5 Å². The van der Waals surface area contributed by atoms with Crippen LogP contribution in [-0.2, 0) is 12.3 Å². The Hall–Kier alpha value is -3.56. The predicted octanol–water partition coefficient (Wildman–Crippen LogP) is 8.91. The Kier molecular flexibility index (Phi) is 20.1. The summed E-state index contributed by atoms with van der Waals surface area (Å²) in [5.41, 5.74) is 1.63. The highest BCUT2D eigenvalue weighted by molar-refractivity contribution is 7.90. The second kappa shape index (κ2) is 25.9. The fourth-order valence-corrected chi connectivity index (χ4v) is 26.5. The van der Waals surface area contributed by atoms with E-state index >= 15 is 0 Å². The molecule has 0 aliphatic heterocycles. The van der Waals surface area contributed by atoms with Gasteiger partial charge in [-0.05, 0) is 85.6 Å². The molecule has 9 aromatic carbocycles. The molecule has 0 unspecified atom stereocenters. The van der Waals surface area contributed by atoms with Crippen molar-refractivity contribution >= 4 is 119 Å². The summed E-state index contributed by atoms with van der Waals surface area (Å²) < 4.78 is 0. The van der Waals surface area contributed by atoms with Gasteiger partial charge in [0.15, 0.2) is 0 Å². The van der Waals surface area contributed by atoms with Crippen molar-refractivity contribution < 1.29 is 24.8 Å². The molecule has 0 saturated heterocycles. The first kappa shape index (κ1) is 54.2. The average molecular weight is 1110 g/mol. The van der Waals surface area contributed by atoms with Crippen LogP contribution in [0.25, 0.3) is 0 Å². The second-order valence-electron chi connectivity index (χ2n) is 16.9. The first-order chi connectivity index (χ1) is 33.4. The maximum atomic E-state index is 7.78. The molecule has 0 aliphatic rings. The lowest BCUT2D eigenvalue weighted by Crippen LogP contribution is -3.00. The third-order valence-electron chi connectivity index (χ3n) is 13.0.